The molecule has 86 valence electrons. The van der Waals surface area contributed by atoms with E-state index in [0.717, 1.165) is 13.1 Å². The van der Waals surface area contributed by atoms with Crippen LogP contribution in [0.25, 0.3) is 0 Å². The van der Waals surface area contributed by atoms with E-state index >= 15 is 0 Å². The summed E-state index contributed by atoms with van der Waals surface area (Å²) in [6.45, 7) is 2.61. The number of nitrogens with two attached hydrogens (primary N) is 1. The number of carbonyl (C=O) groups is 1. The zero-order chi connectivity index (χ0) is 11.3. The molecule has 5 heteroatoms. The number of hydrogen-bond donors (Lipinski definition) is 1. The van der Waals surface area contributed by atoms with Crippen molar-refractivity contribution in [1.82, 2.24) is 9.80 Å². The van der Waals surface area contributed by atoms with Gasteiger partial charge in [-0.15, -0.1) is 0 Å². The highest BCUT2D eigenvalue weighted by Gasteiger charge is 2.22. The first-order valence-corrected chi connectivity index (χ1v) is 5.05. The van der Waals surface area contributed by atoms with Crippen LogP contribution < -0.4 is 5.73 Å². The average Bonchev–Trinajstić information content (AvgIpc) is 2.22. The van der Waals surface area contributed by atoms with Gasteiger partial charge in [0, 0.05) is 32.8 Å². The molecule has 5 nitrogen and oxygen atoms in total. The van der Waals surface area contributed by atoms with Gasteiger partial charge >= 0.3 is 0 Å². The molecule has 0 spiro atoms. The average molecular weight is 213 g/mol. The summed E-state index contributed by atoms with van der Waals surface area (Å²) in [5, 5.41) is 0. The van der Waals surface area contributed by atoms with Crippen molar-refractivity contribution in [1.29, 1.82) is 0 Å². The molecule has 1 rings (SSSR count). The molecule has 1 fully saturated rings. The van der Waals surface area contributed by atoms with Gasteiger partial charge in [0.15, 0.2) is 0 Å². The molecule has 0 aliphatic carbocycles. The van der Waals surface area contributed by atoms with E-state index < -0.39 is 0 Å². The summed E-state index contributed by atoms with van der Waals surface area (Å²) >= 11 is 0. The molecule has 0 aromatic rings. The fraction of sp³-hybridized carbons (Fsp3) is 0.700. The molecule has 1 aliphatic rings. The predicted molar refractivity (Wildman–Crippen MR) is 58.2 cm³/mol. The van der Waals surface area contributed by atoms with Crippen LogP contribution in [-0.2, 0) is 9.53 Å². The highest BCUT2D eigenvalue weighted by atomic mass is 16.5. The third-order valence-corrected chi connectivity index (χ3v) is 2.53. The molecule has 1 unspecified atom stereocenters. The monoisotopic (exact) mass is 213 g/mol. The lowest BCUT2D eigenvalue weighted by molar-refractivity contribution is -0.128. The number of carbonyl (C=O) groups excluding carboxylic acids is 1. The largest absolute Gasteiger partial charge is 0.381 e. The van der Waals surface area contributed by atoms with Gasteiger partial charge in [-0.05, 0) is 7.05 Å². The van der Waals surface area contributed by atoms with Crippen LogP contribution in [-0.4, -0.2) is 62.3 Å². The summed E-state index contributed by atoms with van der Waals surface area (Å²) < 4.78 is 4.83. The van der Waals surface area contributed by atoms with Crippen molar-refractivity contribution in [3.8, 4) is 0 Å². The lowest BCUT2D eigenvalue weighted by atomic mass is 10.2. The highest BCUT2D eigenvalue weighted by molar-refractivity contribution is 5.87. The Balaban J connectivity index is 2.40. The number of piperazine rings is 1. The van der Waals surface area contributed by atoms with Gasteiger partial charge in [0.25, 0.3) is 0 Å². The third kappa shape index (κ3) is 3.62. The second-order valence-corrected chi connectivity index (χ2v) is 3.69. The van der Waals surface area contributed by atoms with E-state index in [-0.39, 0.29) is 12.1 Å². The number of methoxy groups -OCH3 is 1. The Labute approximate surface area is 90.5 Å². The molecule has 0 aromatic heterocycles. The molecule has 1 atom stereocenters. The Bertz CT molecular complexity index is 243. The summed E-state index contributed by atoms with van der Waals surface area (Å²) in [5.74, 6) is 0.00981. The Morgan fingerprint density at radius 1 is 1.60 bits per heavy atom. The number of nitrogens with zero attached hydrogens (tertiary/aromatic N) is 2. The molecule has 0 saturated carbocycles. The fourth-order valence-corrected chi connectivity index (χ4v) is 1.45. The van der Waals surface area contributed by atoms with Crippen molar-refractivity contribution < 1.29 is 9.53 Å². The van der Waals surface area contributed by atoms with E-state index in [1.54, 1.807) is 24.2 Å². The summed E-state index contributed by atoms with van der Waals surface area (Å²) in [5.41, 5.74) is 5.84. The van der Waals surface area contributed by atoms with Crippen LogP contribution in [0.2, 0.25) is 0 Å². The molecule has 1 heterocycles. The predicted octanol–water partition coefficient (Wildman–Crippen LogP) is -0.752. The van der Waals surface area contributed by atoms with Crippen LogP contribution in [0.1, 0.15) is 0 Å². The summed E-state index contributed by atoms with van der Waals surface area (Å²) in [7, 11) is 3.56. The van der Waals surface area contributed by atoms with Crippen molar-refractivity contribution in [3.05, 3.63) is 12.2 Å². The van der Waals surface area contributed by atoms with E-state index in [4.69, 9.17) is 10.5 Å². The van der Waals surface area contributed by atoms with Gasteiger partial charge in [0.2, 0.25) is 5.91 Å². The number of likely N-dealkylation sites (N-methyl/N-ethyl adjacent to an activating group) is 1. The van der Waals surface area contributed by atoms with Gasteiger partial charge < -0.3 is 15.4 Å². The summed E-state index contributed by atoms with van der Waals surface area (Å²) in [6.07, 6.45) is 3.20. The Hall–Kier alpha value is -0.910. The number of rotatable bonds is 3. The Morgan fingerprint density at radius 3 is 2.93 bits per heavy atom. The molecule has 1 aliphatic heterocycles. The van der Waals surface area contributed by atoms with Gasteiger partial charge in [-0.2, -0.15) is 0 Å². The smallest absolute Gasteiger partial charge is 0.246 e. The molecule has 0 bridgehead atoms. The van der Waals surface area contributed by atoms with Gasteiger partial charge in [0.1, 0.15) is 0 Å². The van der Waals surface area contributed by atoms with Crippen LogP contribution in [0.3, 0.4) is 0 Å². The minimum atomic E-state index is -0.0569. The van der Waals surface area contributed by atoms with Gasteiger partial charge in [-0.3, -0.25) is 9.69 Å². The molecule has 2 N–H and O–H groups in total. The number of hydrogen-bond acceptors (Lipinski definition) is 4. The van der Waals surface area contributed by atoms with E-state index in [1.807, 2.05) is 11.9 Å². The standard InChI is InChI=1S/C10H19N3O2/c1-12-5-6-13(8-9(12)11)10(14)4-3-7-15-2/h3-4,9H,5-8,11H2,1-2H3/b4-3+. The maximum Gasteiger partial charge on any atom is 0.246 e. The molecular weight excluding hydrogens is 194 g/mol. The van der Waals surface area contributed by atoms with Gasteiger partial charge in [0.05, 0.1) is 12.8 Å². The van der Waals surface area contributed by atoms with Gasteiger partial charge in [-0.1, -0.05) is 6.08 Å². The van der Waals surface area contributed by atoms with Crippen molar-refractivity contribution in [2.24, 2.45) is 5.73 Å². The number of ether oxygens (including phenoxy) is 1. The Morgan fingerprint density at radius 2 is 2.33 bits per heavy atom. The molecule has 1 saturated heterocycles. The van der Waals surface area contributed by atoms with E-state index in [1.165, 1.54) is 0 Å². The van der Waals surface area contributed by atoms with Crippen LogP contribution in [0.15, 0.2) is 12.2 Å². The van der Waals surface area contributed by atoms with Crippen LogP contribution >= 0.6 is 0 Å². The first-order chi connectivity index (χ1) is 7.15. The highest BCUT2D eigenvalue weighted by Crippen LogP contribution is 2.03. The Kier molecular flexibility index (Phi) is 4.74. The quantitative estimate of drug-likeness (QED) is 0.627. The van der Waals surface area contributed by atoms with Crippen molar-refractivity contribution in [3.63, 3.8) is 0 Å². The maximum atomic E-state index is 11.6. The molecular formula is C10H19N3O2. The fourth-order valence-electron chi connectivity index (χ4n) is 1.45. The first-order valence-electron chi connectivity index (χ1n) is 5.05. The molecule has 1 amide bonds. The minimum absolute atomic E-state index is 0.00981. The van der Waals surface area contributed by atoms with Crippen molar-refractivity contribution in [2.45, 2.75) is 6.17 Å². The van der Waals surface area contributed by atoms with E-state index in [0.29, 0.717) is 13.2 Å². The SMILES string of the molecule is COC/C=C/C(=O)N1CCN(C)C(N)C1. The topological polar surface area (TPSA) is 58.8 Å². The van der Waals surface area contributed by atoms with E-state index in [2.05, 4.69) is 0 Å². The van der Waals surface area contributed by atoms with Crippen LogP contribution in [0.4, 0.5) is 0 Å². The summed E-state index contributed by atoms with van der Waals surface area (Å²) in [6, 6.07) is 0. The third-order valence-electron chi connectivity index (χ3n) is 2.53. The zero-order valence-corrected chi connectivity index (χ0v) is 9.35. The normalized spacial score (nSPS) is 23.7. The number of amides is 1. The first kappa shape index (κ1) is 12.2. The molecule has 0 radical (unpaired) electrons. The van der Waals surface area contributed by atoms with Crippen molar-refractivity contribution in [2.75, 3.05) is 40.4 Å². The van der Waals surface area contributed by atoms with Crippen LogP contribution in [0, 0.1) is 0 Å². The summed E-state index contributed by atoms with van der Waals surface area (Å²) in [4.78, 5) is 15.4. The molecule has 0 aromatic carbocycles. The molecule has 15 heavy (non-hydrogen) atoms. The van der Waals surface area contributed by atoms with Crippen LogP contribution in [0.5, 0.6) is 0 Å². The lowest BCUT2D eigenvalue weighted by Crippen LogP contribution is -2.56. The minimum Gasteiger partial charge on any atom is -0.381 e. The van der Waals surface area contributed by atoms with E-state index in [9.17, 15) is 4.79 Å². The second-order valence-electron chi connectivity index (χ2n) is 3.69. The lowest BCUT2D eigenvalue weighted by Gasteiger charge is -2.36. The second kappa shape index (κ2) is 5.85. The maximum absolute atomic E-state index is 11.6. The van der Waals surface area contributed by atoms with Crippen molar-refractivity contribution >= 4 is 5.91 Å². The zero-order valence-electron chi connectivity index (χ0n) is 9.35. The van der Waals surface area contributed by atoms with Gasteiger partial charge in [-0.25, -0.2) is 0 Å².